The molecule has 0 unspecified atom stereocenters. The Hall–Kier alpha value is -1.12. The third-order valence-electron chi connectivity index (χ3n) is 4.77. The Morgan fingerprint density at radius 1 is 1.33 bits per heavy atom. The molecule has 0 aromatic heterocycles. The second-order valence-electron chi connectivity index (χ2n) is 6.98. The number of amides is 1. The number of likely N-dealkylation sites (N-methyl/N-ethyl adjacent to an activating group) is 1. The van der Waals surface area contributed by atoms with Crippen LogP contribution in [0.3, 0.4) is 0 Å². The maximum Gasteiger partial charge on any atom is 0.237 e. The lowest BCUT2D eigenvalue weighted by Gasteiger charge is -2.42. The molecule has 1 heterocycles. The molecule has 2 fully saturated rings. The van der Waals surface area contributed by atoms with E-state index in [-0.39, 0.29) is 11.5 Å². The van der Waals surface area contributed by atoms with Gasteiger partial charge in [-0.1, -0.05) is 19.3 Å². The largest absolute Gasteiger partial charge is 0.373 e. The summed E-state index contributed by atoms with van der Waals surface area (Å²) in [5.74, 6) is 0.0520. The quantitative estimate of drug-likeness (QED) is 0.796. The summed E-state index contributed by atoms with van der Waals surface area (Å²) in [6.45, 7) is 6.67. The summed E-state index contributed by atoms with van der Waals surface area (Å²) in [6.07, 6.45) is 4.86. The van der Waals surface area contributed by atoms with E-state index in [0.29, 0.717) is 13.2 Å². The average Bonchev–Trinajstić information content (AvgIpc) is 2.46. The fraction of sp³-hybridized carbons (Fsp3) is 0.875. The second-order valence-corrected chi connectivity index (χ2v) is 6.98. The predicted molar refractivity (Wildman–Crippen MR) is 80.7 cm³/mol. The lowest BCUT2D eigenvalue weighted by atomic mass is 9.81. The summed E-state index contributed by atoms with van der Waals surface area (Å²) < 4.78 is 5.68. The Bertz CT molecular complexity index is 422. The van der Waals surface area contributed by atoms with Crippen molar-refractivity contribution in [1.29, 1.82) is 5.26 Å². The molecule has 1 saturated heterocycles. The highest BCUT2D eigenvalue weighted by Gasteiger charge is 2.39. The number of nitrogens with zero attached hydrogens (tertiary/aromatic N) is 3. The first-order valence-electron chi connectivity index (χ1n) is 7.93. The molecule has 0 radical (unpaired) electrons. The van der Waals surface area contributed by atoms with Gasteiger partial charge in [-0.2, -0.15) is 5.26 Å². The van der Waals surface area contributed by atoms with Crippen LogP contribution in [0.1, 0.15) is 46.0 Å². The summed E-state index contributed by atoms with van der Waals surface area (Å²) in [5, 5.41) is 9.57. The molecule has 0 bridgehead atoms. The van der Waals surface area contributed by atoms with Gasteiger partial charge in [0.2, 0.25) is 5.91 Å². The molecule has 2 rings (SSSR count). The predicted octanol–water partition coefficient (Wildman–Crippen LogP) is 1.78. The van der Waals surface area contributed by atoms with E-state index >= 15 is 0 Å². The van der Waals surface area contributed by atoms with Crippen molar-refractivity contribution in [2.45, 2.75) is 57.1 Å². The lowest BCUT2D eigenvalue weighted by Crippen LogP contribution is -2.55. The number of ether oxygens (including phenoxy) is 1. The van der Waals surface area contributed by atoms with Crippen LogP contribution in [0.15, 0.2) is 0 Å². The Labute approximate surface area is 127 Å². The summed E-state index contributed by atoms with van der Waals surface area (Å²) in [6, 6.07) is 2.41. The number of hydrogen-bond donors (Lipinski definition) is 0. The van der Waals surface area contributed by atoms with Crippen LogP contribution in [-0.4, -0.2) is 60.1 Å². The van der Waals surface area contributed by atoms with Crippen molar-refractivity contribution < 1.29 is 9.53 Å². The third-order valence-corrected chi connectivity index (χ3v) is 4.77. The number of carbonyl (C=O) groups is 1. The molecule has 0 aromatic rings. The van der Waals surface area contributed by atoms with E-state index in [1.807, 2.05) is 13.8 Å². The minimum Gasteiger partial charge on any atom is -0.373 e. The van der Waals surface area contributed by atoms with Gasteiger partial charge in [-0.3, -0.25) is 9.69 Å². The molecule has 1 saturated carbocycles. The van der Waals surface area contributed by atoms with Gasteiger partial charge < -0.3 is 9.64 Å². The van der Waals surface area contributed by atoms with Gasteiger partial charge in [0.05, 0.1) is 24.8 Å². The molecule has 5 heteroatoms. The van der Waals surface area contributed by atoms with Crippen molar-refractivity contribution in [3.05, 3.63) is 0 Å². The van der Waals surface area contributed by atoms with Crippen LogP contribution in [0.25, 0.3) is 0 Å². The first-order chi connectivity index (χ1) is 9.88. The first-order valence-corrected chi connectivity index (χ1v) is 7.93. The van der Waals surface area contributed by atoms with Crippen LogP contribution < -0.4 is 0 Å². The molecule has 5 nitrogen and oxygen atoms in total. The van der Waals surface area contributed by atoms with E-state index < -0.39 is 5.54 Å². The number of morpholine rings is 1. The summed E-state index contributed by atoms with van der Waals surface area (Å²) in [4.78, 5) is 16.4. The molecule has 21 heavy (non-hydrogen) atoms. The molecule has 2 aliphatic rings. The number of rotatable bonds is 3. The number of nitriles is 1. The van der Waals surface area contributed by atoms with Gasteiger partial charge in [-0.25, -0.2) is 0 Å². The monoisotopic (exact) mass is 293 g/mol. The Morgan fingerprint density at radius 3 is 2.57 bits per heavy atom. The molecule has 0 N–H and O–H groups in total. The average molecular weight is 293 g/mol. The van der Waals surface area contributed by atoms with E-state index in [0.717, 1.165) is 38.8 Å². The third kappa shape index (κ3) is 3.75. The van der Waals surface area contributed by atoms with Crippen molar-refractivity contribution in [3.8, 4) is 6.07 Å². The van der Waals surface area contributed by atoms with E-state index in [4.69, 9.17) is 4.74 Å². The van der Waals surface area contributed by atoms with Gasteiger partial charge >= 0.3 is 0 Å². The molecule has 1 aliphatic heterocycles. The summed E-state index contributed by atoms with van der Waals surface area (Å²) in [7, 11) is 1.79. The van der Waals surface area contributed by atoms with Crippen LogP contribution in [0.4, 0.5) is 0 Å². The number of carbonyl (C=O) groups excluding carboxylic acids is 1. The van der Waals surface area contributed by atoms with Crippen LogP contribution >= 0.6 is 0 Å². The van der Waals surface area contributed by atoms with Gasteiger partial charge in [0, 0.05) is 20.1 Å². The zero-order valence-corrected chi connectivity index (χ0v) is 13.5. The summed E-state index contributed by atoms with van der Waals surface area (Å²) in [5.41, 5.74) is -0.786. The molecule has 1 aliphatic carbocycles. The zero-order chi connectivity index (χ0) is 15.5. The molecule has 0 atom stereocenters. The minimum absolute atomic E-state index is 0.0520. The van der Waals surface area contributed by atoms with Crippen LogP contribution in [0.2, 0.25) is 0 Å². The minimum atomic E-state index is -0.586. The maximum absolute atomic E-state index is 12.6. The SMILES string of the molecule is CN(C(=O)CN1CCOC(C)(C)C1)C1(C#N)CCCCC1. The molecule has 0 spiro atoms. The van der Waals surface area contributed by atoms with E-state index in [1.54, 1.807) is 11.9 Å². The topological polar surface area (TPSA) is 56.6 Å². The second kappa shape index (κ2) is 6.33. The van der Waals surface area contributed by atoms with Crippen molar-refractivity contribution in [1.82, 2.24) is 9.80 Å². The summed E-state index contributed by atoms with van der Waals surface area (Å²) >= 11 is 0. The fourth-order valence-corrected chi connectivity index (χ4v) is 3.44. The number of hydrogen-bond acceptors (Lipinski definition) is 4. The van der Waals surface area contributed by atoms with Gasteiger partial charge in [0.1, 0.15) is 5.54 Å². The van der Waals surface area contributed by atoms with Crippen LogP contribution in [0.5, 0.6) is 0 Å². The highest BCUT2D eigenvalue weighted by molar-refractivity contribution is 5.79. The van der Waals surface area contributed by atoms with Gasteiger partial charge in [-0.05, 0) is 26.7 Å². The Balaban J connectivity index is 1.97. The first kappa shape index (κ1) is 16.3. The molecular weight excluding hydrogens is 266 g/mol. The van der Waals surface area contributed by atoms with Gasteiger partial charge in [-0.15, -0.1) is 0 Å². The normalized spacial score (nSPS) is 25.0. The van der Waals surface area contributed by atoms with Crippen LogP contribution in [0, 0.1) is 11.3 Å². The Morgan fingerprint density at radius 2 is 2.00 bits per heavy atom. The zero-order valence-electron chi connectivity index (χ0n) is 13.5. The van der Waals surface area contributed by atoms with E-state index in [9.17, 15) is 10.1 Å². The highest BCUT2D eigenvalue weighted by atomic mass is 16.5. The van der Waals surface area contributed by atoms with Crippen LogP contribution in [-0.2, 0) is 9.53 Å². The Kier molecular flexibility index (Phi) is 4.90. The van der Waals surface area contributed by atoms with Crippen molar-refractivity contribution in [2.24, 2.45) is 0 Å². The molecule has 0 aromatic carbocycles. The van der Waals surface area contributed by atoms with Gasteiger partial charge in [0.25, 0.3) is 0 Å². The fourth-order valence-electron chi connectivity index (χ4n) is 3.44. The van der Waals surface area contributed by atoms with Crippen molar-refractivity contribution in [2.75, 3.05) is 33.3 Å². The standard InChI is InChI=1S/C16H27N3O2/c1-15(2)13-19(9-10-21-15)11-14(20)18(3)16(12-17)7-5-4-6-8-16/h4-11,13H2,1-3H3. The van der Waals surface area contributed by atoms with E-state index in [2.05, 4.69) is 11.0 Å². The lowest BCUT2D eigenvalue weighted by molar-refractivity contribution is -0.140. The smallest absolute Gasteiger partial charge is 0.237 e. The van der Waals surface area contributed by atoms with Crippen molar-refractivity contribution in [3.63, 3.8) is 0 Å². The molecule has 118 valence electrons. The van der Waals surface area contributed by atoms with Crippen molar-refractivity contribution >= 4 is 5.91 Å². The van der Waals surface area contributed by atoms with E-state index in [1.165, 1.54) is 6.42 Å². The highest BCUT2D eigenvalue weighted by Crippen LogP contribution is 2.32. The molecule has 1 amide bonds. The molecular formula is C16H27N3O2. The van der Waals surface area contributed by atoms with Gasteiger partial charge in [0.15, 0.2) is 0 Å². The maximum atomic E-state index is 12.6.